The van der Waals surface area contributed by atoms with Gasteiger partial charge in [0.2, 0.25) is 0 Å². The van der Waals surface area contributed by atoms with E-state index in [4.69, 9.17) is 4.74 Å². The lowest BCUT2D eigenvalue weighted by Gasteiger charge is -2.27. The van der Waals surface area contributed by atoms with Crippen molar-refractivity contribution in [1.82, 2.24) is 9.55 Å². The molecule has 1 heterocycles. The largest absolute Gasteiger partial charge is 0.382 e. The first-order valence-electron chi connectivity index (χ1n) is 6.90. The first-order valence-corrected chi connectivity index (χ1v) is 6.90. The van der Waals surface area contributed by atoms with E-state index in [1.165, 1.54) is 0 Å². The second-order valence-corrected chi connectivity index (χ2v) is 5.73. The van der Waals surface area contributed by atoms with Crippen LogP contribution in [-0.2, 0) is 4.74 Å². The molecule has 1 unspecified atom stereocenters. The lowest BCUT2D eigenvalue weighted by Crippen LogP contribution is -2.31. The van der Waals surface area contributed by atoms with Crippen LogP contribution in [0.25, 0.3) is 5.69 Å². The van der Waals surface area contributed by atoms with Crippen molar-refractivity contribution in [2.75, 3.05) is 12.4 Å². The summed E-state index contributed by atoms with van der Waals surface area (Å²) < 4.78 is 7.47. The molecule has 1 aromatic heterocycles. The topological polar surface area (TPSA) is 39.1 Å². The average molecular weight is 273 g/mol. The van der Waals surface area contributed by atoms with Gasteiger partial charge in [0.05, 0.1) is 11.9 Å². The number of hydrogen-bond donors (Lipinski definition) is 1. The van der Waals surface area contributed by atoms with Gasteiger partial charge in [0, 0.05) is 36.9 Å². The van der Waals surface area contributed by atoms with Gasteiger partial charge < -0.3 is 14.6 Å². The van der Waals surface area contributed by atoms with Crippen LogP contribution in [0.1, 0.15) is 27.2 Å². The van der Waals surface area contributed by atoms with Crippen LogP contribution >= 0.6 is 0 Å². The molecule has 0 saturated heterocycles. The van der Waals surface area contributed by atoms with Gasteiger partial charge >= 0.3 is 0 Å². The molecule has 0 radical (unpaired) electrons. The molecule has 0 saturated carbocycles. The Labute approximate surface area is 120 Å². The highest BCUT2D eigenvalue weighted by atomic mass is 16.5. The highest BCUT2D eigenvalue weighted by Crippen LogP contribution is 2.20. The highest BCUT2D eigenvalue weighted by Gasteiger charge is 2.20. The normalized spacial score (nSPS) is 13.2. The molecule has 2 rings (SSSR count). The monoisotopic (exact) mass is 273 g/mol. The summed E-state index contributed by atoms with van der Waals surface area (Å²) in [5, 5.41) is 3.52. The fourth-order valence-corrected chi connectivity index (χ4v) is 2.32. The summed E-state index contributed by atoms with van der Waals surface area (Å²) in [6.45, 7) is 6.38. The number of nitrogens with zero attached hydrogens (tertiary/aromatic N) is 2. The van der Waals surface area contributed by atoms with Crippen molar-refractivity contribution in [3.63, 3.8) is 0 Å². The summed E-state index contributed by atoms with van der Waals surface area (Å²) in [7, 11) is 1.76. The van der Waals surface area contributed by atoms with E-state index in [0.717, 1.165) is 17.8 Å². The SMILES string of the molecule is COC(C)(C)CC(C)Nc1cccc(-n2ccnc2)c1. The lowest BCUT2D eigenvalue weighted by molar-refractivity contribution is 0.0128. The Kier molecular flexibility index (Phi) is 4.45. The highest BCUT2D eigenvalue weighted by molar-refractivity contribution is 5.51. The van der Waals surface area contributed by atoms with Gasteiger partial charge in [0.25, 0.3) is 0 Å². The molecule has 0 aliphatic carbocycles. The molecule has 0 spiro atoms. The van der Waals surface area contributed by atoms with Crippen LogP contribution in [0.2, 0.25) is 0 Å². The third kappa shape index (κ3) is 3.84. The number of benzene rings is 1. The van der Waals surface area contributed by atoms with Crippen molar-refractivity contribution in [3.8, 4) is 5.69 Å². The Balaban J connectivity index is 2.05. The van der Waals surface area contributed by atoms with Gasteiger partial charge in [-0.2, -0.15) is 0 Å². The Morgan fingerprint density at radius 3 is 2.85 bits per heavy atom. The minimum absolute atomic E-state index is 0.117. The van der Waals surface area contributed by atoms with Gasteiger partial charge in [-0.1, -0.05) is 6.07 Å². The van der Waals surface area contributed by atoms with E-state index in [2.05, 4.69) is 49.3 Å². The lowest BCUT2D eigenvalue weighted by atomic mass is 9.99. The molecule has 0 aliphatic heterocycles. The molecule has 1 aromatic carbocycles. The van der Waals surface area contributed by atoms with Crippen molar-refractivity contribution >= 4 is 5.69 Å². The number of hydrogen-bond acceptors (Lipinski definition) is 3. The van der Waals surface area contributed by atoms with Gasteiger partial charge in [-0.15, -0.1) is 0 Å². The summed E-state index contributed by atoms with van der Waals surface area (Å²) in [5.74, 6) is 0. The van der Waals surface area contributed by atoms with E-state index >= 15 is 0 Å². The van der Waals surface area contributed by atoms with Gasteiger partial charge in [0.15, 0.2) is 0 Å². The molecule has 4 heteroatoms. The number of nitrogens with one attached hydrogen (secondary N) is 1. The van der Waals surface area contributed by atoms with E-state index in [1.807, 2.05) is 16.8 Å². The maximum Gasteiger partial charge on any atom is 0.0991 e. The van der Waals surface area contributed by atoms with Crippen LogP contribution in [0.4, 0.5) is 5.69 Å². The van der Waals surface area contributed by atoms with Gasteiger partial charge in [-0.05, 0) is 45.4 Å². The molecule has 4 nitrogen and oxygen atoms in total. The summed E-state index contributed by atoms with van der Waals surface area (Å²) in [6.07, 6.45) is 6.47. The Hall–Kier alpha value is -1.81. The second-order valence-electron chi connectivity index (χ2n) is 5.73. The predicted octanol–water partition coefficient (Wildman–Crippen LogP) is 3.49. The molecule has 0 fully saturated rings. The van der Waals surface area contributed by atoms with E-state index in [9.17, 15) is 0 Å². The number of imidazole rings is 1. The molecule has 2 aromatic rings. The van der Waals surface area contributed by atoms with Crippen LogP contribution in [0.3, 0.4) is 0 Å². The Morgan fingerprint density at radius 2 is 2.20 bits per heavy atom. The van der Waals surface area contributed by atoms with Crippen LogP contribution < -0.4 is 5.32 Å². The minimum Gasteiger partial charge on any atom is -0.382 e. The molecule has 0 aliphatic rings. The third-order valence-corrected chi connectivity index (χ3v) is 3.41. The van der Waals surface area contributed by atoms with Crippen molar-refractivity contribution in [1.29, 1.82) is 0 Å². The summed E-state index contributed by atoms with van der Waals surface area (Å²) in [6, 6.07) is 8.65. The molecule has 1 atom stereocenters. The molecular weight excluding hydrogens is 250 g/mol. The fourth-order valence-electron chi connectivity index (χ4n) is 2.32. The third-order valence-electron chi connectivity index (χ3n) is 3.41. The van der Waals surface area contributed by atoms with Crippen molar-refractivity contribution in [2.24, 2.45) is 0 Å². The van der Waals surface area contributed by atoms with Crippen LogP contribution in [-0.4, -0.2) is 28.3 Å². The first kappa shape index (κ1) is 14.6. The second kappa shape index (κ2) is 6.09. The van der Waals surface area contributed by atoms with Crippen molar-refractivity contribution < 1.29 is 4.74 Å². The predicted molar refractivity (Wildman–Crippen MR) is 82.4 cm³/mol. The zero-order chi connectivity index (χ0) is 14.6. The van der Waals surface area contributed by atoms with Crippen molar-refractivity contribution in [3.05, 3.63) is 43.0 Å². The average Bonchev–Trinajstić information content (AvgIpc) is 2.92. The summed E-state index contributed by atoms with van der Waals surface area (Å²) in [5.41, 5.74) is 2.09. The van der Waals surface area contributed by atoms with E-state index in [0.29, 0.717) is 6.04 Å². The zero-order valence-electron chi connectivity index (χ0n) is 12.6. The van der Waals surface area contributed by atoms with Gasteiger partial charge in [-0.3, -0.25) is 0 Å². The van der Waals surface area contributed by atoms with Crippen molar-refractivity contribution in [2.45, 2.75) is 38.8 Å². The maximum atomic E-state index is 5.48. The summed E-state index contributed by atoms with van der Waals surface area (Å²) in [4.78, 5) is 4.07. The van der Waals surface area contributed by atoms with Crippen LogP contribution in [0, 0.1) is 0 Å². The number of methoxy groups -OCH3 is 1. The molecule has 0 amide bonds. The molecule has 1 N–H and O–H groups in total. The van der Waals surface area contributed by atoms with Crippen LogP contribution in [0.5, 0.6) is 0 Å². The number of aromatic nitrogens is 2. The minimum atomic E-state index is -0.117. The van der Waals surface area contributed by atoms with E-state index in [1.54, 1.807) is 19.6 Å². The quantitative estimate of drug-likeness (QED) is 0.875. The molecule has 0 bridgehead atoms. The number of ether oxygens (including phenoxy) is 1. The number of anilines is 1. The maximum absolute atomic E-state index is 5.48. The molecular formula is C16H23N3O. The smallest absolute Gasteiger partial charge is 0.0991 e. The Bertz CT molecular complexity index is 534. The zero-order valence-corrected chi connectivity index (χ0v) is 12.6. The van der Waals surface area contributed by atoms with E-state index in [-0.39, 0.29) is 5.60 Å². The fraction of sp³-hybridized carbons (Fsp3) is 0.438. The van der Waals surface area contributed by atoms with E-state index < -0.39 is 0 Å². The van der Waals surface area contributed by atoms with Gasteiger partial charge in [-0.25, -0.2) is 4.98 Å². The molecule has 108 valence electrons. The molecule has 20 heavy (non-hydrogen) atoms. The first-order chi connectivity index (χ1) is 9.50. The number of rotatable bonds is 6. The summed E-state index contributed by atoms with van der Waals surface area (Å²) >= 11 is 0. The van der Waals surface area contributed by atoms with Crippen LogP contribution in [0.15, 0.2) is 43.0 Å². The van der Waals surface area contributed by atoms with Gasteiger partial charge in [0.1, 0.15) is 0 Å². The Morgan fingerprint density at radius 1 is 1.40 bits per heavy atom. The standard InChI is InChI=1S/C16H23N3O/c1-13(11-16(2,3)20-4)18-14-6-5-7-15(10-14)19-9-8-17-12-19/h5-10,12-13,18H,11H2,1-4H3.